The number of aryl methyl sites for hydroxylation is 2. The van der Waals surface area contributed by atoms with Crippen LogP contribution in [0.1, 0.15) is 36.8 Å². The van der Waals surface area contributed by atoms with Crippen LogP contribution in [0.4, 0.5) is 15.6 Å². The number of anilines is 2. The largest absolute Gasteiger partial charge is 0.342 e. The molecule has 0 aliphatic carbocycles. The molecule has 3 rings (SSSR count). The number of amides is 3. The van der Waals surface area contributed by atoms with Crippen molar-refractivity contribution in [3.63, 3.8) is 0 Å². The lowest BCUT2D eigenvalue weighted by molar-refractivity contribution is -0.128. The molecule has 150 valence electrons. The van der Waals surface area contributed by atoms with Crippen molar-refractivity contribution < 1.29 is 9.59 Å². The molecule has 1 aliphatic rings. The monoisotopic (exact) mass is 419 g/mol. The lowest BCUT2D eigenvalue weighted by atomic mass is 10.1. The topological polar surface area (TPSA) is 87.2 Å². The molecule has 1 aromatic carbocycles. The Bertz CT molecular complexity index is 831. The van der Waals surface area contributed by atoms with E-state index in [1.807, 2.05) is 36.9 Å². The van der Waals surface area contributed by atoms with E-state index in [0.29, 0.717) is 15.2 Å². The second kappa shape index (κ2) is 9.88. The summed E-state index contributed by atoms with van der Waals surface area (Å²) in [4.78, 5) is 26.4. The van der Waals surface area contributed by atoms with Crippen LogP contribution in [0.15, 0.2) is 22.5 Å². The van der Waals surface area contributed by atoms with Crippen molar-refractivity contribution in [3.8, 4) is 0 Å². The summed E-state index contributed by atoms with van der Waals surface area (Å²) in [6, 6.07) is 5.38. The minimum atomic E-state index is -0.364. The number of urea groups is 1. The lowest BCUT2D eigenvalue weighted by Crippen LogP contribution is -2.33. The van der Waals surface area contributed by atoms with Gasteiger partial charge in [0.05, 0.1) is 5.75 Å². The zero-order valence-corrected chi connectivity index (χ0v) is 17.8. The predicted octanol–water partition coefficient (Wildman–Crippen LogP) is 4.29. The number of rotatable bonds is 5. The number of nitrogens with zero attached hydrogens (tertiary/aromatic N) is 3. The first-order valence-corrected chi connectivity index (χ1v) is 11.2. The van der Waals surface area contributed by atoms with Gasteiger partial charge in [0, 0.05) is 18.8 Å². The highest BCUT2D eigenvalue weighted by Gasteiger charge is 2.17. The quantitative estimate of drug-likeness (QED) is 0.557. The molecule has 0 unspecified atom stereocenters. The molecule has 2 aromatic rings. The SMILES string of the molecule is Cc1ccc(NC(=O)Nc2nnc(SCC(=O)N3CCCCCC3)s2)cc1C. The molecule has 2 heterocycles. The molecule has 1 fully saturated rings. The number of nitrogens with one attached hydrogen (secondary N) is 2. The van der Waals surface area contributed by atoms with Crippen LogP contribution in [0.3, 0.4) is 0 Å². The molecule has 0 atom stereocenters. The Kier molecular flexibility index (Phi) is 7.27. The normalized spacial score (nSPS) is 14.4. The van der Waals surface area contributed by atoms with Crippen LogP contribution in [-0.2, 0) is 4.79 Å². The number of thioether (sulfide) groups is 1. The third kappa shape index (κ3) is 5.93. The Morgan fingerprint density at radius 3 is 2.54 bits per heavy atom. The molecule has 28 heavy (non-hydrogen) atoms. The lowest BCUT2D eigenvalue weighted by Gasteiger charge is -2.19. The number of carbonyl (C=O) groups is 2. The van der Waals surface area contributed by atoms with E-state index in [4.69, 9.17) is 0 Å². The molecular formula is C19H25N5O2S2. The highest BCUT2D eigenvalue weighted by Crippen LogP contribution is 2.26. The average molecular weight is 420 g/mol. The fourth-order valence-electron chi connectivity index (χ4n) is 2.93. The maximum Gasteiger partial charge on any atom is 0.325 e. The van der Waals surface area contributed by atoms with E-state index in [1.54, 1.807) is 0 Å². The van der Waals surface area contributed by atoms with E-state index >= 15 is 0 Å². The first kappa shape index (κ1) is 20.6. The Morgan fingerprint density at radius 2 is 1.82 bits per heavy atom. The maximum absolute atomic E-state index is 12.3. The molecular weight excluding hydrogens is 394 g/mol. The summed E-state index contributed by atoms with van der Waals surface area (Å²) in [7, 11) is 0. The van der Waals surface area contributed by atoms with E-state index in [2.05, 4.69) is 20.8 Å². The van der Waals surface area contributed by atoms with Crippen LogP contribution < -0.4 is 10.6 Å². The Morgan fingerprint density at radius 1 is 1.07 bits per heavy atom. The highest BCUT2D eigenvalue weighted by atomic mass is 32.2. The summed E-state index contributed by atoms with van der Waals surface area (Å²) in [6.45, 7) is 5.72. The molecule has 3 amide bonds. The van der Waals surface area contributed by atoms with Gasteiger partial charge >= 0.3 is 6.03 Å². The highest BCUT2D eigenvalue weighted by molar-refractivity contribution is 8.01. The molecule has 2 N–H and O–H groups in total. The number of hydrogen-bond acceptors (Lipinski definition) is 6. The summed E-state index contributed by atoms with van der Waals surface area (Å²) < 4.78 is 0.671. The molecule has 0 spiro atoms. The van der Waals surface area contributed by atoms with Gasteiger partial charge in [-0.3, -0.25) is 10.1 Å². The summed E-state index contributed by atoms with van der Waals surface area (Å²) in [5.41, 5.74) is 3.01. The van der Waals surface area contributed by atoms with Crippen LogP contribution in [0.25, 0.3) is 0 Å². The van der Waals surface area contributed by atoms with Crippen molar-refractivity contribution in [2.45, 2.75) is 43.9 Å². The second-order valence-electron chi connectivity index (χ2n) is 6.83. The molecule has 0 radical (unpaired) electrons. The first-order chi connectivity index (χ1) is 13.5. The van der Waals surface area contributed by atoms with E-state index in [9.17, 15) is 9.59 Å². The van der Waals surface area contributed by atoms with Gasteiger partial charge in [-0.15, -0.1) is 10.2 Å². The van der Waals surface area contributed by atoms with Crippen molar-refractivity contribution in [1.82, 2.24) is 15.1 Å². The minimum absolute atomic E-state index is 0.143. The van der Waals surface area contributed by atoms with E-state index < -0.39 is 0 Å². The van der Waals surface area contributed by atoms with E-state index in [-0.39, 0.29) is 11.9 Å². The maximum atomic E-state index is 12.3. The van der Waals surface area contributed by atoms with E-state index in [0.717, 1.165) is 37.2 Å². The number of likely N-dealkylation sites (tertiary alicyclic amines) is 1. The average Bonchev–Trinajstić information content (AvgIpc) is 2.93. The summed E-state index contributed by atoms with van der Waals surface area (Å²) in [5.74, 6) is 0.493. The van der Waals surface area contributed by atoms with Gasteiger partial charge < -0.3 is 10.2 Å². The van der Waals surface area contributed by atoms with Crippen LogP contribution in [0.2, 0.25) is 0 Å². The van der Waals surface area contributed by atoms with Crippen LogP contribution in [-0.4, -0.2) is 45.9 Å². The minimum Gasteiger partial charge on any atom is -0.342 e. The zero-order chi connectivity index (χ0) is 19.9. The van der Waals surface area contributed by atoms with Gasteiger partial charge in [0.15, 0.2) is 4.34 Å². The van der Waals surface area contributed by atoms with E-state index in [1.165, 1.54) is 41.5 Å². The van der Waals surface area contributed by atoms with Gasteiger partial charge in [-0.05, 0) is 49.9 Å². The predicted molar refractivity (Wildman–Crippen MR) is 114 cm³/mol. The molecule has 0 saturated carbocycles. The van der Waals surface area contributed by atoms with Crippen LogP contribution in [0, 0.1) is 13.8 Å². The summed E-state index contributed by atoms with van der Waals surface area (Å²) in [5, 5.41) is 13.9. The number of aromatic nitrogens is 2. The van der Waals surface area contributed by atoms with Crippen molar-refractivity contribution in [2.24, 2.45) is 0 Å². The fraction of sp³-hybridized carbons (Fsp3) is 0.474. The summed E-state index contributed by atoms with van der Waals surface area (Å²) in [6.07, 6.45) is 4.57. The Hall–Kier alpha value is -2.13. The third-order valence-corrected chi connectivity index (χ3v) is 6.63. The number of carbonyl (C=O) groups excluding carboxylic acids is 2. The van der Waals surface area contributed by atoms with Gasteiger partial charge in [0.1, 0.15) is 0 Å². The molecule has 1 aromatic heterocycles. The number of benzene rings is 1. The van der Waals surface area contributed by atoms with Gasteiger partial charge in [-0.2, -0.15) is 0 Å². The van der Waals surface area contributed by atoms with Gasteiger partial charge in [-0.25, -0.2) is 4.79 Å². The van der Waals surface area contributed by atoms with Crippen molar-refractivity contribution >= 4 is 45.9 Å². The third-order valence-electron chi connectivity index (χ3n) is 4.67. The fourth-order valence-corrected chi connectivity index (χ4v) is 4.58. The zero-order valence-electron chi connectivity index (χ0n) is 16.2. The van der Waals surface area contributed by atoms with Gasteiger partial charge in [0.2, 0.25) is 11.0 Å². The standard InChI is InChI=1S/C19H25N5O2S2/c1-13-7-8-15(11-14(13)2)20-17(26)21-18-22-23-19(28-18)27-12-16(25)24-9-5-3-4-6-10-24/h7-8,11H,3-6,9-10,12H2,1-2H3,(H2,20,21,22,26). The first-order valence-electron chi connectivity index (χ1n) is 9.40. The van der Waals surface area contributed by atoms with Crippen molar-refractivity contribution in [1.29, 1.82) is 0 Å². The van der Waals surface area contributed by atoms with Crippen LogP contribution in [0.5, 0.6) is 0 Å². The molecule has 0 bridgehead atoms. The van der Waals surface area contributed by atoms with Crippen molar-refractivity contribution in [2.75, 3.05) is 29.5 Å². The van der Waals surface area contributed by atoms with Gasteiger partial charge in [0.25, 0.3) is 0 Å². The van der Waals surface area contributed by atoms with Crippen LogP contribution >= 0.6 is 23.1 Å². The molecule has 1 saturated heterocycles. The number of hydrogen-bond donors (Lipinski definition) is 2. The van der Waals surface area contributed by atoms with Gasteiger partial charge in [-0.1, -0.05) is 42.0 Å². The molecule has 7 nitrogen and oxygen atoms in total. The smallest absolute Gasteiger partial charge is 0.325 e. The molecule has 9 heteroatoms. The molecule has 1 aliphatic heterocycles. The summed E-state index contributed by atoms with van der Waals surface area (Å²) >= 11 is 2.63. The van der Waals surface area contributed by atoms with Crippen molar-refractivity contribution in [3.05, 3.63) is 29.3 Å². The Labute approximate surface area is 173 Å². The Balaban J connectivity index is 1.47. The second-order valence-corrected chi connectivity index (χ2v) is 9.03.